The largest absolute Gasteiger partial charge is 0.296 e. The lowest BCUT2D eigenvalue weighted by Crippen LogP contribution is -1.99. The lowest BCUT2D eigenvalue weighted by molar-refractivity contribution is 0.101. The van der Waals surface area contributed by atoms with Crippen LogP contribution in [0, 0.1) is 0 Å². The number of carbonyl (C=O) groups is 1. The average molecular weight is 353 g/mol. The highest BCUT2D eigenvalue weighted by Crippen LogP contribution is 2.41. The number of ketones is 1. The lowest BCUT2D eigenvalue weighted by atomic mass is 9.98. The standard InChI is InChI=1S/C23H19N3O/c1-15(27)21-13-25-22-10-9-19(14-26(21)22)20-6-3-11-24-23(20)18-5-2-4-17(12-18)16-7-8-16/h2-6,9-14,16H,7-8H2,1H3. The number of pyridine rings is 2. The Kier molecular flexibility index (Phi) is 3.64. The molecular formula is C23H19N3O. The molecule has 0 aliphatic heterocycles. The molecule has 3 aromatic heterocycles. The van der Waals surface area contributed by atoms with E-state index < -0.39 is 0 Å². The summed E-state index contributed by atoms with van der Waals surface area (Å²) < 4.78 is 1.86. The van der Waals surface area contributed by atoms with Gasteiger partial charge in [0.05, 0.1) is 11.9 Å². The molecule has 1 aliphatic rings. The Morgan fingerprint density at radius 3 is 2.74 bits per heavy atom. The summed E-state index contributed by atoms with van der Waals surface area (Å²) in [7, 11) is 0. The van der Waals surface area contributed by atoms with Crippen molar-refractivity contribution in [3.05, 3.63) is 78.4 Å². The Bertz CT molecular complexity index is 1170. The van der Waals surface area contributed by atoms with Crippen LogP contribution in [-0.2, 0) is 0 Å². The van der Waals surface area contributed by atoms with Crippen molar-refractivity contribution in [3.63, 3.8) is 0 Å². The van der Waals surface area contributed by atoms with Gasteiger partial charge in [0.1, 0.15) is 11.3 Å². The number of fused-ring (bicyclic) bond motifs is 1. The first-order chi connectivity index (χ1) is 13.2. The van der Waals surface area contributed by atoms with Crippen molar-refractivity contribution in [2.45, 2.75) is 25.7 Å². The van der Waals surface area contributed by atoms with Crippen molar-refractivity contribution in [2.75, 3.05) is 0 Å². The number of aromatic nitrogens is 3. The van der Waals surface area contributed by atoms with Gasteiger partial charge in [0.2, 0.25) is 0 Å². The summed E-state index contributed by atoms with van der Waals surface area (Å²) in [6.45, 7) is 1.56. The van der Waals surface area contributed by atoms with Crippen LogP contribution in [0.15, 0.2) is 67.1 Å². The molecule has 1 aromatic carbocycles. The predicted octanol–water partition coefficient (Wildman–Crippen LogP) is 5.14. The van der Waals surface area contributed by atoms with Gasteiger partial charge in [-0.1, -0.05) is 24.3 Å². The molecule has 5 rings (SSSR count). The van der Waals surface area contributed by atoms with Gasteiger partial charge in [-0.25, -0.2) is 4.98 Å². The Labute approximate surface area is 157 Å². The molecule has 1 aliphatic carbocycles. The zero-order chi connectivity index (χ0) is 18.4. The van der Waals surface area contributed by atoms with Crippen LogP contribution in [0.25, 0.3) is 28.0 Å². The third-order valence-electron chi connectivity index (χ3n) is 5.19. The molecule has 0 atom stereocenters. The maximum Gasteiger partial charge on any atom is 0.178 e. The van der Waals surface area contributed by atoms with Crippen LogP contribution in [0.4, 0.5) is 0 Å². The van der Waals surface area contributed by atoms with Crippen LogP contribution >= 0.6 is 0 Å². The van der Waals surface area contributed by atoms with Crippen LogP contribution in [-0.4, -0.2) is 20.2 Å². The van der Waals surface area contributed by atoms with E-state index in [0.29, 0.717) is 11.6 Å². The molecule has 132 valence electrons. The van der Waals surface area contributed by atoms with Crippen molar-refractivity contribution in [1.82, 2.24) is 14.4 Å². The zero-order valence-corrected chi connectivity index (χ0v) is 15.1. The second kappa shape index (κ2) is 6.16. The molecule has 0 amide bonds. The fraction of sp³-hybridized carbons (Fsp3) is 0.174. The topological polar surface area (TPSA) is 47.3 Å². The summed E-state index contributed by atoms with van der Waals surface area (Å²) >= 11 is 0. The molecule has 0 N–H and O–H groups in total. The van der Waals surface area contributed by atoms with Gasteiger partial charge in [-0.2, -0.15) is 0 Å². The Hall–Kier alpha value is -3.27. The summed E-state index contributed by atoms with van der Waals surface area (Å²) in [5.74, 6) is 0.709. The summed E-state index contributed by atoms with van der Waals surface area (Å²) in [5, 5.41) is 0. The second-order valence-corrected chi connectivity index (χ2v) is 7.14. The van der Waals surface area contributed by atoms with Crippen molar-refractivity contribution >= 4 is 11.4 Å². The fourth-order valence-corrected chi connectivity index (χ4v) is 3.63. The van der Waals surface area contributed by atoms with Gasteiger partial charge in [0.15, 0.2) is 5.78 Å². The van der Waals surface area contributed by atoms with Gasteiger partial charge in [-0.15, -0.1) is 0 Å². The predicted molar refractivity (Wildman–Crippen MR) is 106 cm³/mol. The number of Topliss-reactive ketones (excluding diaryl/α,β-unsaturated/α-hetero) is 1. The fourth-order valence-electron chi connectivity index (χ4n) is 3.63. The highest BCUT2D eigenvalue weighted by molar-refractivity contribution is 5.93. The number of benzene rings is 1. The molecule has 0 radical (unpaired) electrons. The third-order valence-corrected chi connectivity index (χ3v) is 5.19. The number of carbonyl (C=O) groups excluding carboxylic acids is 1. The average Bonchev–Trinajstić information content (AvgIpc) is 3.46. The van der Waals surface area contributed by atoms with Crippen LogP contribution in [0.2, 0.25) is 0 Å². The van der Waals surface area contributed by atoms with E-state index in [9.17, 15) is 4.79 Å². The highest BCUT2D eigenvalue weighted by atomic mass is 16.1. The lowest BCUT2D eigenvalue weighted by Gasteiger charge is -2.11. The molecule has 4 nitrogen and oxygen atoms in total. The van der Waals surface area contributed by atoms with Crippen molar-refractivity contribution in [3.8, 4) is 22.4 Å². The van der Waals surface area contributed by atoms with Gasteiger partial charge >= 0.3 is 0 Å². The van der Waals surface area contributed by atoms with Gasteiger partial charge in [-0.05, 0) is 48.6 Å². The minimum Gasteiger partial charge on any atom is -0.296 e. The van der Waals surface area contributed by atoms with Crippen LogP contribution in [0.5, 0.6) is 0 Å². The van der Waals surface area contributed by atoms with E-state index >= 15 is 0 Å². The van der Waals surface area contributed by atoms with E-state index in [2.05, 4.69) is 40.3 Å². The number of nitrogens with zero attached hydrogens (tertiary/aromatic N) is 3. The summed E-state index contributed by atoms with van der Waals surface area (Å²) in [6, 6.07) is 16.7. The molecule has 27 heavy (non-hydrogen) atoms. The Balaban J connectivity index is 1.66. The molecule has 4 heteroatoms. The van der Waals surface area contributed by atoms with E-state index in [-0.39, 0.29) is 5.78 Å². The van der Waals surface area contributed by atoms with Crippen molar-refractivity contribution < 1.29 is 4.79 Å². The minimum atomic E-state index is 0.00296. The molecule has 0 bridgehead atoms. The van der Waals surface area contributed by atoms with Crippen LogP contribution < -0.4 is 0 Å². The maximum absolute atomic E-state index is 11.9. The molecule has 1 saturated carbocycles. The first-order valence-corrected chi connectivity index (χ1v) is 9.24. The second-order valence-electron chi connectivity index (χ2n) is 7.14. The number of hydrogen-bond donors (Lipinski definition) is 0. The number of hydrogen-bond acceptors (Lipinski definition) is 3. The molecular weight excluding hydrogens is 334 g/mol. The van der Waals surface area contributed by atoms with Crippen LogP contribution in [0.1, 0.15) is 41.7 Å². The van der Waals surface area contributed by atoms with E-state index in [1.54, 1.807) is 13.1 Å². The molecule has 1 fully saturated rings. The van der Waals surface area contributed by atoms with Crippen molar-refractivity contribution in [2.24, 2.45) is 0 Å². The third kappa shape index (κ3) is 2.83. The van der Waals surface area contributed by atoms with E-state index in [0.717, 1.165) is 28.0 Å². The monoisotopic (exact) mass is 353 g/mol. The van der Waals surface area contributed by atoms with Gasteiger partial charge in [0, 0.05) is 36.0 Å². The minimum absolute atomic E-state index is 0.00296. The summed E-state index contributed by atoms with van der Waals surface area (Å²) in [6.07, 6.45) is 8.00. The van der Waals surface area contributed by atoms with Gasteiger partial charge in [-0.3, -0.25) is 14.2 Å². The summed E-state index contributed by atoms with van der Waals surface area (Å²) in [4.78, 5) is 20.9. The van der Waals surface area contributed by atoms with E-state index in [4.69, 9.17) is 0 Å². The van der Waals surface area contributed by atoms with Crippen molar-refractivity contribution in [1.29, 1.82) is 0 Å². The molecule has 0 spiro atoms. The molecule has 3 heterocycles. The molecule has 0 unspecified atom stereocenters. The molecule has 0 saturated heterocycles. The zero-order valence-electron chi connectivity index (χ0n) is 15.1. The quantitative estimate of drug-likeness (QED) is 0.477. The van der Waals surface area contributed by atoms with Gasteiger partial charge < -0.3 is 0 Å². The SMILES string of the molecule is CC(=O)c1cnc2ccc(-c3cccnc3-c3cccc(C4CC4)c3)cn12. The van der Waals surface area contributed by atoms with Gasteiger partial charge in [0.25, 0.3) is 0 Å². The Morgan fingerprint density at radius 2 is 1.93 bits per heavy atom. The van der Waals surface area contributed by atoms with E-state index in [1.807, 2.05) is 35.0 Å². The van der Waals surface area contributed by atoms with E-state index in [1.165, 1.54) is 18.4 Å². The van der Waals surface area contributed by atoms with Crippen LogP contribution in [0.3, 0.4) is 0 Å². The smallest absolute Gasteiger partial charge is 0.178 e. The number of rotatable bonds is 4. The summed E-state index contributed by atoms with van der Waals surface area (Å²) in [5.41, 5.74) is 6.92. The highest BCUT2D eigenvalue weighted by Gasteiger charge is 2.24. The number of imidazole rings is 1. The first kappa shape index (κ1) is 15.9. The first-order valence-electron chi connectivity index (χ1n) is 9.24. The molecule has 4 aromatic rings. The maximum atomic E-state index is 11.9. The Morgan fingerprint density at radius 1 is 1.04 bits per heavy atom. The normalized spacial score (nSPS) is 13.8.